The van der Waals surface area contributed by atoms with Crippen LogP contribution in [0, 0.1) is 0 Å². The first-order valence-electron chi connectivity index (χ1n) is 7.88. The van der Waals surface area contributed by atoms with Crippen LogP contribution in [0.3, 0.4) is 0 Å². The summed E-state index contributed by atoms with van der Waals surface area (Å²) in [4.78, 5) is 15.1. The molecule has 3 rings (SSSR count). The summed E-state index contributed by atoms with van der Waals surface area (Å²) in [7, 11) is 0. The lowest BCUT2D eigenvalue weighted by molar-refractivity contribution is -0.121. The Labute approximate surface area is 125 Å². The molecule has 112 valence electrons. The summed E-state index contributed by atoms with van der Waals surface area (Å²) in [5.74, 6) is 0.170. The van der Waals surface area contributed by atoms with Crippen molar-refractivity contribution in [3.05, 3.63) is 36.0 Å². The maximum absolute atomic E-state index is 11.8. The Morgan fingerprint density at radius 2 is 2.24 bits per heavy atom. The minimum absolute atomic E-state index is 0.170. The summed E-state index contributed by atoms with van der Waals surface area (Å²) in [6.07, 6.45) is 6.96. The van der Waals surface area contributed by atoms with Crippen molar-refractivity contribution in [1.29, 1.82) is 0 Å². The number of hydrogen-bond donors (Lipinski definition) is 3. The predicted molar refractivity (Wildman–Crippen MR) is 85.3 cm³/mol. The summed E-state index contributed by atoms with van der Waals surface area (Å²) in [6, 6.07) is 8.82. The number of amides is 1. The number of rotatable bonds is 6. The number of aromatic amines is 1. The second kappa shape index (κ2) is 6.76. The van der Waals surface area contributed by atoms with Crippen LogP contribution in [0.1, 0.15) is 31.2 Å². The highest BCUT2D eigenvalue weighted by Crippen LogP contribution is 2.17. The summed E-state index contributed by atoms with van der Waals surface area (Å²) in [5, 5.41) is 7.71. The highest BCUT2D eigenvalue weighted by molar-refractivity contribution is 5.83. The van der Waals surface area contributed by atoms with Gasteiger partial charge in [0.05, 0.1) is 0 Å². The van der Waals surface area contributed by atoms with Crippen molar-refractivity contribution in [2.75, 3.05) is 13.1 Å². The number of benzene rings is 1. The third-order valence-corrected chi connectivity index (χ3v) is 4.27. The average Bonchev–Trinajstić information content (AvgIpc) is 3.15. The molecule has 0 saturated carbocycles. The van der Waals surface area contributed by atoms with Gasteiger partial charge in [-0.25, -0.2) is 0 Å². The second-order valence-electron chi connectivity index (χ2n) is 5.79. The Morgan fingerprint density at radius 1 is 1.33 bits per heavy atom. The van der Waals surface area contributed by atoms with Crippen molar-refractivity contribution in [1.82, 2.24) is 15.6 Å². The molecule has 1 saturated heterocycles. The molecule has 1 aliphatic rings. The van der Waals surface area contributed by atoms with Gasteiger partial charge in [-0.1, -0.05) is 18.2 Å². The van der Waals surface area contributed by atoms with Gasteiger partial charge >= 0.3 is 0 Å². The van der Waals surface area contributed by atoms with Crippen molar-refractivity contribution >= 4 is 16.8 Å². The minimum Gasteiger partial charge on any atom is -0.361 e. The molecule has 2 aromatic rings. The van der Waals surface area contributed by atoms with Gasteiger partial charge in [0.1, 0.15) is 0 Å². The quantitative estimate of drug-likeness (QED) is 0.763. The third kappa shape index (κ3) is 3.64. The van der Waals surface area contributed by atoms with Crippen LogP contribution in [-0.2, 0) is 11.2 Å². The van der Waals surface area contributed by atoms with Crippen molar-refractivity contribution in [2.45, 2.75) is 38.1 Å². The van der Waals surface area contributed by atoms with E-state index in [0.717, 1.165) is 24.9 Å². The lowest BCUT2D eigenvalue weighted by atomic mass is 10.1. The van der Waals surface area contributed by atoms with Gasteiger partial charge in [-0.3, -0.25) is 4.79 Å². The first-order valence-corrected chi connectivity index (χ1v) is 7.88. The van der Waals surface area contributed by atoms with E-state index in [4.69, 9.17) is 0 Å². The summed E-state index contributed by atoms with van der Waals surface area (Å²) < 4.78 is 0. The number of aromatic nitrogens is 1. The topological polar surface area (TPSA) is 56.9 Å². The predicted octanol–water partition coefficient (Wildman–Crippen LogP) is 2.36. The first-order chi connectivity index (χ1) is 10.3. The number of carbonyl (C=O) groups is 1. The van der Waals surface area contributed by atoms with Gasteiger partial charge in [0.2, 0.25) is 5.91 Å². The van der Waals surface area contributed by atoms with Crippen LogP contribution in [-0.4, -0.2) is 30.0 Å². The van der Waals surface area contributed by atoms with E-state index in [1.54, 1.807) is 0 Å². The highest BCUT2D eigenvalue weighted by Gasteiger charge is 2.15. The Morgan fingerprint density at radius 3 is 3.10 bits per heavy atom. The van der Waals surface area contributed by atoms with E-state index in [1.165, 1.54) is 23.8 Å². The number of para-hydroxylation sites is 1. The third-order valence-electron chi connectivity index (χ3n) is 4.27. The van der Waals surface area contributed by atoms with Crippen LogP contribution >= 0.6 is 0 Å². The number of carbonyl (C=O) groups excluding carboxylic acids is 1. The van der Waals surface area contributed by atoms with Gasteiger partial charge in [-0.2, -0.15) is 0 Å². The molecule has 1 aliphatic heterocycles. The fourth-order valence-corrected chi connectivity index (χ4v) is 3.07. The molecule has 21 heavy (non-hydrogen) atoms. The van der Waals surface area contributed by atoms with E-state index >= 15 is 0 Å². The van der Waals surface area contributed by atoms with E-state index in [9.17, 15) is 4.79 Å². The number of fused-ring (bicyclic) bond motifs is 1. The van der Waals surface area contributed by atoms with Crippen LogP contribution in [0.4, 0.5) is 0 Å². The van der Waals surface area contributed by atoms with Gasteiger partial charge in [-0.15, -0.1) is 0 Å². The van der Waals surface area contributed by atoms with Crippen LogP contribution in [0.2, 0.25) is 0 Å². The molecule has 4 heteroatoms. The average molecular weight is 285 g/mol. The fourth-order valence-electron chi connectivity index (χ4n) is 3.07. The second-order valence-corrected chi connectivity index (χ2v) is 5.79. The molecule has 1 atom stereocenters. The van der Waals surface area contributed by atoms with E-state index in [0.29, 0.717) is 19.0 Å². The lowest BCUT2D eigenvalue weighted by Gasteiger charge is -2.09. The van der Waals surface area contributed by atoms with Gasteiger partial charge in [0.15, 0.2) is 0 Å². The van der Waals surface area contributed by atoms with E-state index in [-0.39, 0.29) is 5.91 Å². The Hall–Kier alpha value is -1.81. The molecular weight excluding hydrogens is 262 g/mol. The van der Waals surface area contributed by atoms with E-state index in [2.05, 4.69) is 27.8 Å². The molecule has 1 aromatic carbocycles. The van der Waals surface area contributed by atoms with Gasteiger partial charge in [-0.05, 0) is 43.9 Å². The Kier molecular flexibility index (Phi) is 4.55. The van der Waals surface area contributed by atoms with Crippen LogP contribution in [0.25, 0.3) is 10.9 Å². The molecular formula is C17H23N3O. The SMILES string of the molecule is O=C(CCC1CCCN1)NCCc1c[nH]c2ccccc12. The first kappa shape index (κ1) is 14.1. The smallest absolute Gasteiger partial charge is 0.220 e. The molecule has 3 N–H and O–H groups in total. The number of hydrogen-bond acceptors (Lipinski definition) is 2. The van der Waals surface area contributed by atoms with Crippen molar-refractivity contribution in [3.63, 3.8) is 0 Å². The zero-order valence-corrected chi connectivity index (χ0v) is 12.3. The molecule has 1 amide bonds. The van der Waals surface area contributed by atoms with E-state index in [1.807, 2.05) is 18.3 Å². The molecule has 1 fully saturated rings. The number of nitrogens with one attached hydrogen (secondary N) is 3. The van der Waals surface area contributed by atoms with Gasteiger partial charge in [0, 0.05) is 36.1 Å². The molecule has 4 nitrogen and oxygen atoms in total. The minimum atomic E-state index is 0.170. The van der Waals surface area contributed by atoms with Gasteiger partial charge in [0.25, 0.3) is 0 Å². The maximum Gasteiger partial charge on any atom is 0.220 e. The molecule has 1 aromatic heterocycles. The van der Waals surface area contributed by atoms with E-state index < -0.39 is 0 Å². The summed E-state index contributed by atoms with van der Waals surface area (Å²) in [5.41, 5.74) is 2.43. The maximum atomic E-state index is 11.8. The number of H-pyrrole nitrogens is 1. The Balaban J connectivity index is 1.42. The largest absolute Gasteiger partial charge is 0.361 e. The van der Waals surface area contributed by atoms with Crippen LogP contribution < -0.4 is 10.6 Å². The monoisotopic (exact) mass is 285 g/mol. The molecule has 0 aliphatic carbocycles. The zero-order valence-electron chi connectivity index (χ0n) is 12.3. The molecule has 2 heterocycles. The molecule has 0 radical (unpaired) electrons. The molecule has 1 unspecified atom stereocenters. The zero-order chi connectivity index (χ0) is 14.5. The Bertz CT molecular complexity index is 599. The summed E-state index contributed by atoms with van der Waals surface area (Å²) >= 11 is 0. The van der Waals surface area contributed by atoms with Crippen molar-refractivity contribution in [2.24, 2.45) is 0 Å². The van der Waals surface area contributed by atoms with Gasteiger partial charge < -0.3 is 15.6 Å². The normalized spacial score (nSPS) is 18.2. The summed E-state index contributed by atoms with van der Waals surface area (Å²) in [6.45, 7) is 1.81. The lowest BCUT2D eigenvalue weighted by Crippen LogP contribution is -2.28. The van der Waals surface area contributed by atoms with Crippen LogP contribution in [0.5, 0.6) is 0 Å². The van der Waals surface area contributed by atoms with Crippen molar-refractivity contribution < 1.29 is 4.79 Å². The fraction of sp³-hybridized carbons (Fsp3) is 0.471. The van der Waals surface area contributed by atoms with Crippen molar-refractivity contribution in [3.8, 4) is 0 Å². The molecule has 0 bridgehead atoms. The highest BCUT2D eigenvalue weighted by atomic mass is 16.1. The molecule has 0 spiro atoms. The van der Waals surface area contributed by atoms with Crippen LogP contribution in [0.15, 0.2) is 30.5 Å². The standard InChI is InChI=1S/C17H23N3O/c21-17(8-7-14-4-3-10-18-14)19-11-9-13-12-20-16-6-2-1-5-15(13)16/h1-2,5-6,12,14,18,20H,3-4,7-11H2,(H,19,21).